The van der Waals surface area contributed by atoms with Gasteiger partial charge in [0, 0.05) is 12.2 Å². The largest absolute Gasteiger partial charge is 0.355 e. The van der Waals surface area contributed by atoms with Crippen LogP contribution >= 0.6 is 23.2 Å². The SMILES string of the molecule is CN(CC(=O)Nc1ccc(Cl)c(Cl)c1)[C@@H]1CCCCNC1=O. The first kappa shape index (κ1) is 17.1. The molecule has 1 heterocycles. The van der Waals surface area contributed by atoms with Gasteiger partial charge in [0.25, 0.3) is 0 Å². The number of anilines is 1. The Morgan fingerprint density at radius 2 is 2.14 bits per heavy atom. The molecule has 0 radical (unpaired) electrons. The number of benzene rings is 1. The first-order valence-corrected chi connectivity index (χ1v) is 7.96. The summed E-state index contributed by atoms with van der Waals surface area (Å²) >= 11 is 11.8. The molecule has 2 rings (SSSR count). The summed E-state index contributed by atoms with van der Waals surface area (Å²) < 4.78 is 0. The number of nitrogens with one attached hydrogen (secondary N) is 2. The molecule has 1 aromatic carbocycles. The van der Waals surface area contributed by atoms with Crippen LogP contribution in [0.3, 0.4) is 0 Å². The molecule has 0 aromatic heterocycles. The van der Waals surface area contributed by atoms with Crippen LogP contribution in [-0.2, 0) is 9.59 Å². The molecular weight excluding hydrogens is 325 g/mol. The Morgan fingerprint density at radius 3 is 2.86 bits per heavy atom. The molecule has 120 valence electrons. The van der Waals surface area contributed by atoms with Gasteiger partial charge < -0.3 is 10.6 Å². The van der Waals surface area contributed by atoms with Crippen LogP contribution in [0.5, 0.6) is 0 Å². The van der Waals surface area contributed by atoms with Crippen LogP contribution in [0.15, 0.2) is 18.2 Å². The van der Waals surface area contributed by atoms with Crippen molar-refractivity contribution in [2.75, 3.05) is 25.5 Å². The Kier molecular flexibility index (Phi) is 6.06. The normalized spacial score (nSPS) is 18.7. The minimum absolute atomic E-state index is 0.0117. The minimum Gasteiger partial charge on any atom is -0.355 e. The smallest absolute Gasteiger partial charge is 0.238 e. The quantitative estimate of drug-likeness (QED) is 0.882. The van der Waals surface area contributed by atoms with Crippen LogP contribution in [-0.4, -0.2) is 42.9 Å². The Hall–Kier alpha value is -1.30. The maximum absolute atomic E-state index is 12.1. The van der Waals surface area contributed by atoms with E-state index in [0.717, 1.165) is 19.3 Å². The molecular formula is C15H19Cl2N3O2. The predicted octanol–water partition coefficient (Wildman–Crippen LogP) is 2.53. The second kappa shape index (κ2) is 7.81. The summed E-state index contributed by atoms with van der Waals surface area (Å²) in [5.74, 6) is -0.208. The third-order valence-corrected chi connectivity index (χ3v) is 4.37. The van der Waals surface area contributed by atoms with Crippen LogP contribution < -0.4 is 10.6 Å². The number of rotatable bonds is 4. The molecule has 22 heavy (non-hydrogen) atoms. The van der Waals surface area contributed by atoms with E-state index in [-0.39, 0.29) is 24.4 Å². The summed E-state index contributed by atoms with van der Waals surface area (Å²) in [5, 5.41) is 6.44. The summed E-state index contributed by atoms with van der Waals surface area (Å²) in [7, 11) is 1.78. The van der Waals surface area contributed by atoms with Crippen molar-refractivity contribution >= 4 is 40.7 Å². The average molecular weight is 344 g/mol. The molecule has 0 unspecified atom stereocenters. The molecule has 2 amide bonds. The Balaban J connectivity index is 1.92. The lowest BCUT2D eigenvalue weighted by atomic mass is 10.1. The number of halogens is 2. The van der Waals surface area contributed by atoms with E-state index in [1.54, 1.807) is 30.1 Å². The van der Waals surface area contributed by atoms with Crippen molar-refractivity contribution in [3.8, 4) is 0 Å². The molecule has 0 bridgehead atoms. The lowest BCUT2D eigenvalue weighted by Gasteiger charge is -2.24. The van der Waals surface area contributed by atoms with Crippen molar-refractivity contribution < 1.29 is 9.59 Å². The molecule has 1 saturated heterocycles. The highest BCUT2D eigenvalue weighted by Crippen LogP contribution is 2.25. The lowest BCUT2D eigenvalue weighted by molar-refractivity contribution is -0.126. The van der Waals surface area contributed by atoms with Crippen molar-refractivity contribution in [3.05, 3.63) is 28.2 Å². The Bertz CT molecular complexity index is 566. The first-order valence-electron chi connectivity index (χ1n) is 7.20. The number of carbonyl (C=O) groups is 2. The van der Waals surface area contributed by atoms with E-state index in [2.05, 4.69) is 10.6 Å². The fourth-order valence-electron chi connectivity index (χ4n) is 2.45. The molecule has 0 aliphatic carbocycles. The predicted molar refractivity (Wildman–Crippen MR) is 88.4 cm³/mol. The zero-order valence-corrected chi connectivity index (χ0v) is 13.9. The van der Waals surface area contributed by atoms with E-state index < -0.39 is 0 Å². The van der Waals surface area contributed by atoms with Gasteiger partial charge in [0.2, 0.25) is 11.8 Å². The monoisotopic (exact) mass is 343 g/mol. The van der Waals surface area contributed by atoms with Crippen LogP contribution in [0.2, 0.25) is 10.0 Å². The number of carbonyl (C=O) groups excluding carboxylic acids is 2. The Morgan fingerprint density at radius 1 is 1.36 bits per heavy atom. The van der Waals surface area contributed by atoms with Crippen LogP contribution in [0.1, 0.15) is 19.3 Å². The zero-order chi connectivity index (χ0) is 16.1. The van der Waals surface area contributed by atoms with E-state index in [4.69, 9.17) is 23.2 Å². The summed E-state index contributed by atoms with van der Waals surface area (Å²) in [5.41, 5.74) is 0.582. The molecule has 1 aromatic rings. The first-order chi connectivity index (χ1) is 10.5. The molecule has 1 aliphatic rings. The van der Waals surface area contributed by atoms with Gasteiger partial charge in [0.05, 0.1) is 22.6 Å². The summed E-state index contributed by atoms with van der Waals surface area (Å²) in [6.07, 6.45) is 2.72. The molecule has 5 nitrogen and oxygen atoms in total. The molecule has 1 atom stereocenters. The maximum Gasteiger partial charge on any atom is 0.238 e. The van der Waals surface area contributed by atoms with Gasteiger partial charge in [-0.15, -0.1) is 0 Å². The van der Waals surface area contributed by atoms with Gasteiger partial charge >= 0.3 is 0 Å². The van der Waals surface area contributed by atoms with Crippen molar-refractivity contribution in [1.82, 2.24) is 10.2 Å². The fourth-order valence-corrected chi connectivity index (χ4v) is 2.75. The van der Waals surface area contributed by atoms with Gasteiger partial charge in [0.15, 0.2) is 0 Å². The number of amides is 2. The number of hydrogen-bond acceptors (Lipinski definition) is 3. The summed E-state index contributed by atoms with van der Waals surface area (Å²) in [6, 6.07) is 4.65. The molecule has 0 spiro atoms. The topological polar surface area (TPSA) is 61.4 Å². The number of hydrogen-bond donors (Lipinski definition) is 2. The number of nitrogens with zero attached hydrogens (tertiary/aromatic N) is 1. The van der Waals surface area contributed by atoms with E-state index in [9.17, 15) is 9.59 Å². The van der Waals surface area contributed by atoms with Gasteiger partial charge in [-0.25, -0.2) is 0 Å². The van der Waals surface area contributed by atoms with E-state index >= 15 is 0 Å². The van der Waals surface area contributed by atoms with Gasteiger partial charge in [-0.3, -0.25) is 14.5 Å². The number of likely N-dealkylation sites (N-methyl/N-ethyl adjacent to an activating group) is 1. The van der Waals surface area contributed by atoms with E-state index in [1.807, 2.05) is 0 Å². The highest BCUT2D eigenvalue weighted by atomic mass is 35.5. The fraction of sp³-hybridized carbons (Fsp3) is 0.467. The second-order valence-electron chi connectivity index (χ2n) is 5.39. The van der Waals surface area contributed by atoms with E-state index in [1.165, 1.54) is 0 Å². The van der Waals surface area contributed by atoms with Crippen molar-refractivity contribution in [2.45, 2.75) is 25.3 Å². The average Bonchev–Trinajstić information content (AvgIpc) is 2.67. The zero-order valence-electron chi connectivity index (χ0n) is 12.4. The molecule has 7 heteroatoms. The third-order valence-electron chi connectivity index (χ3n) is 3.63. The third kappa shape index (κ3) is 4.60. The van der Waals surface area contributed by atoms with Crippen molar-refractivity contribution in [3.63, 3.8) is 0 Å². The van der Waals surface area contributed by atoms with Crippen LogP contribution in [0.25, 0.3) is 0 Å². The second-order valence-corrected chi connectivity index (χ2v) is 6.21. The van der Waals surface area contributed by atoms with Gasteiger partial charge in [-0.2, -0.15) is 0 Å². The minimum atomic E-state index is -0.262. The molecule has 1 fully saturated rings. The highest BCUT2D eigenvalue weighted by Gasteiger charge is 2.25. The van der Waals surface area contributed by atoms with Gasteiger partial charge in [-0.1, -0.05) is 23.2 Å². The highest BCUT2D eigenvalue weighted by molar-refractivity contribution is 6.42. The van der Waals surface area contributed by atoms with Gasteiger partial charge in [0.1, 0.15) is 0 Å². The maximum atomic E-state index is 12.1. The lowest BCUT2D eigenvalue weighted by Crippen LogP contribution is -2.46. The standard InChI is InChI=1S/C15H19Cl2N3O2/c1-20(13-4-2-3-7-18-15(13)22)9-14(21)19-10-5-6-11(16)12(17)8-10/h5-6,8,13H,2-4,7,9H2,1H3,(H,18,22)(H,19,21)/t13-/m1/s1. The van der Waals surface area contributed by atoms with Crippen LogP contribution in [0.4, 0.5) is 5.69 Å². The molecule has 2 N–H and O–H groups in total. The van der Waals surface area contributed by atoms with Crippen molar-refractivity contribution in [2.24, 2.45) is 0 Å². The summed E-state index contributed by atoms with van der Waals surface area (Å²) in [4.78, 5) is 25.8. The van der Waals surface area contributed by atoms with Crippen LogP contribution in [0, 0.1) is 0 Å². The molecule has 0 saturated carbocycles. The summed E-state index contributed by atoms with van der Waals surface area (Å²) in [6.45, 7) is 0.844. The molecule has 1 aliphatic heterocycles. The van der Waals surface area contributed by atoms with Crippen molar-refractivity contribution in [1.29, 1.82) is 0 Å². The Labute approximate surface area is 139 Å². The van der Waals surface area contributed by atoms with E-state index in [0.29, 0.717) is 22.3 Å². The van der Waals surface area contributed by atoms with Gasteiger partial charge in [-0.05, 0) is 44.5 Å².